The molecule has 8 nitrogen and oxygen atoms in total. The third-order valence-electron chi connectivity index (χ3n) is 4.71. The fourth-order valence-corrected chi connectivity index (χ4v) is 4.16. The van der Waals surface area contributed by atoms with Crippen molar-refractivity contribution in [3.8, 4) is 5.75 Å². The summed E-state index contributed by atoms with van der Waals surface area (Å²) in [6, 6.07) is 13.1. The molecular weight excluding hydrogens is 496 g/mol. The van der Waals surface area contributed by atoms with Gasteiger partial charge in [-0.3, -0.25) is 9.59 Å². The third-order valence-corrected chi connectivity index (χ3v) is 6.21. The number of ether oxygens (including phenoxy) is 1. The zero-order valence-electron chi connectivity index (χ0n) is 17.6. The van der Waals surface area contributed by atoms with Gasteiger partial charge in [0.2, 0.25) is 0 Å². The highest BCUT2D eigenvalue weighted by atomic mass is 79.9. The summed E-state index contributed by atoms with van der Waals surface area (Å²) in [5.41, 5.74) is 1.05. The number of nitrogens with one attached hydrogen (secondary N) is 1. The van der Waals surface area contributed by atoms with E-state index in [9.17, 15) is 14.7 Å². The summed E-state index contributed by atoms with van der Waals surface area (Å²) in [5.74, 6) is 0.890. The van der Waals surface area contributed by atoms with Crippen LogP contribution in [0.4, 0.5) is 0 Å². The normalized spacial score (nSPS) is 11.8. The predicted molar refractivity (Wildman–Crippen MR) is 125 cm³/mol. The molecule has 0 saturated heterocycles. The van der Waals surface area contributed by atoms with Gasteiger partial charge in [-0.1, -0.05) is 39.8 Å². The van der Waals surface area contributed by atoms with Crippen LogP contribution in [0.3, 0.4) is 0 Å². The van der Waals surface area contributed by atoms with E-state index in [0.717, 1.165) is 4.47 Å². The lowest BCUT2D eigenvalue weighted by Crippen LogP contribution is -2.32. The first-order valence-corrected chi connectivity index (χ1v) is 11.6. The lowest BCUT2D eigenvalue weighted by Gasteiger charge is -2.17. The van der Waals surface area contributed by atoms with Crippen molar-refractivity contribution in [3.05, 3.63) is 70.0 Å². The summed E-state index contributed by atoms with van der Waals surface area (Å²) in [6.07, 6.45) is 0. The molecule has 0 bridgehead atoms. The number of carbonyl (C=O) groups excluding carboxylic acids is 2. The number of ketones is 1. The molecule has 1 amide bonds. The molecule has 0 aliphatic carbocycles. The highest BCUT2D eigenvalue weighted by Crippen LogP contribution is 2.22. The number of benzene rings is 2. The Kier molecular flexibility index (Phi) is 8.43. The number of carbonyl (C=O) groups is 2. The van der Waals surface area contributed by atoms with Crippen LogP contribution in [0.15, 0.2) is 58.2 Å². The van der Waals surface area contributed by atoms with E-state index in [1.54, 1.807) is 48.1 Å². The highest BCUT2D eigenvalue weighted by molar-refractivity contribution is 9.10. The summed E-state index contributed by atoms with van der Waals surface area (Å²) in [6.45, 7) is 2.09. The second-order valence-corrected chi connectivity index (χ2v) is 8.60. The van der Waals surface area contributed by atoms with Crippen LogP contribution >= 0.6 is 27.7 Å². The SMILES string of the molecule is CCn1c(SCC(=O)c2ccc(Br)cc2)nnc1C(CO)NC(=O)c1ccc(OC)cc1. The molecule has 1 unspecified atom stereocenters. The Hall–Kier alpha value is -2.69. The molecule has 0 aliphatic heterocycles. The maximum atomic E-state index is 12.6. The molecule has 32 heavy (non-hydrogen) atoms. The molecule has 3 aromatic rings. The Morgan fingerprint density at radius 2 is 1.78 bits per heavy atom. The van der Waals surface area contributed by atoms with Gasteiger partial charge < -0.3 is 19.7 Å². The number of aliphatic hydroxyl groups excluding tert-OH is 1. The first-order valence-electron chi connectivity index (χ1n) is 9.87. The summed E-state index contributed by atoms with van der Waals surface area (Å²) in [4.78, 5) is 25.1. The molecule has 0 radical (unpaired) electrons. The van der Waals surface area contributed by atoms with Gasteiger partial charge >= 0.3 is 0 Å². The maximum absolute atomic E-state index is 12.6. The number of methoxy groups -OCH3 is 1. The van der Waals surface area contributed by atoms with Gasteiger partial charge in [-0.25, -0.2) is 0 Å². The average Bonchev–Trinajstić information content (AvgIpc) is 3.24. The van der Waals surface area contributed by atoms with Gasteiger partial charge in [-0.05, 0) is 43.3 Å². The zero-order valence-corrected chi connectivity index (χ0v) is 20.0. The number of Topliss-reactive ketones (excluding diaryl/α,β-unsaturated/α-hetero) is 1. The highest BCUT2D eigenvalue weighted by Gasteiger charge is 2.23. The van der Waals surface area contributed by atoms with Crippen LogP contribution in [0.5, 0.6) is 5.75 Å². The van der Waals surface area contributed by atoms with Crippen molar-refractivity contribution in [2.75, 3.05) is 19.5 Å². The van der Waals surface area contributed by atoms with E-state index >= 15 is 0 Å². The Balaban J connectivity index is 1.70. The number of thioether (sulfide) groups is 1. The lowest BCUT2D eigenvalue weighted by atomic mass is 10.2. The van der Waals surface area contributed by atoms with Crippen molar-refractivity contribution in [3.63, 3.8) is 0 Å². The van der Waals surface area contributed by atoms with Crippen molar-refractivity contribution < 1.29 is 19.4 Å². The van der Waals surface area contributed by atoms with E-state index < -0.39 is 6.04 Å². The molecule has 0 spiro atoms. The van der Waals surface area contributed by atoms with Gasteiger partial charge in [0.05, 0.1) is 19.5 Å². The first kappa shape index (κ1) is 24.0. The van der Waals surface area contributed by atoms with Gasteiger partial charge in [0.15, 0.2) is 16.8 Å². The number of halogens is 1. The minimum atomic E-state index is -0.742. The standard InChI is InChI=1S/C22H23BrN4O4S/c1-3-27-20(18(12-28)24-21(30)15-6-10-17(31-2)11-7-15)25-26-22(27)32-13-19(29)14-4-8-16(23)9-5-14/h4-11,18,28H,3,12-13H2,1-2H3,(H,24,30). The van der Waals surface area contributed by atoms with Gasteiger partial charge in [-0.15, -0.1) is 10.2 Å². The molecule has 168 valence electrons. The molecule has 10 heteroatoms. The minimum Gasteiger partial charge on any atom is -0.497 e. The summed E-state index contributed by atoms with van der Waals surface area (Å²) < 4.78 is 7.80. The smallest absolute Gasteiger partial charge is 0.251 e. The molecular formula is C22H23BrN4O4S. The number of nitrogens with zero attached hydrogens (tertiary/aromatic N) is 3. The van der Waals surface area contributed by atoms with Crippen LogP contribution < -0.4 is 10.1 Å². The largest absolute Gasteiger partial charge is 0.497 e. The second-order valence-electron chi connectivity index (χ2n) is 6.74. The van der Waals surface area contributed by atoms with Crippen molar-refractivity contribution in [2.45, 2.75) is 24.7 Å². The van der Waals surface area contributed by atoms with Crippen LogP contribution in [0.1, 0.15) is 39.5 Å². The minimum absolute atomic E-state index is 0.0266. The molecule has 2 N–H and O–H groups in total. The van der Waals surface area contributed by atoms with E-state index in [-0.39, 0.29) is 24.1 Å². The second kappa shape index (κ2) is 11.3. The fraction of sp³-hybridized carbons (Fsp3) is 0.273. The topological polar surface area (TPSA) is 106 Å². The molecule has 1 heterocycles. The van der Waals surface area contributed by atoms with Crippen LogP contribution in [0.2, 0.25) is 0 Å². The van der Waals surface area contributed by atoms with Crippen molar-refractivity contribution in [1.82, 2.24) is 20.1 Å². The van der Waals surface area contributed by atoms with Gasteiger partial charge in [0.1, 0.15) is 11.8 Å². The summed E-state index contributed by atoms with van der Waals surface area (Å²) >= 11 is 4.62. The van der Waals surface area contributed by atoms with Crippen LogP contribution in [0, 0.1) is 0 Å². The Bertz CT molecular complexity index is 1070. The quantitative estimate of drug-likeness (QED) is 0.312. The van der Waals surface area contributed by atoms with Crippen molar-refractivity contribution in [2.24, 2.45) is 0 Å². The number of amides is 1. The fourth-order valence-electron chi connectivity index (χ4n) is 2.99. The van der Waals surface area contributed by atoms with Crippen molar-refractivity contribution >= 4 is 39.4 Å². The van der Waals surface area contributed by atoms with E-state index in [2.05, 4.69) is 31.4 Å². The molecule has 2 aromatic carbocycles. The molecule has 3 rings (SSSR count). The molecule has 1 atom stereocenters. The van der Waals surface area contributed by atoms with Crippen LogP contribution in [0.25, 0.3) is 0 Å². The number of aromatic nitrogens is 3. The zero-order chi connectivity index (χ0) is 23.1. The van der Waals surface area contributed by atoms with E-state index in [0.29, 0.717) is 34.4 Å². The summed E-state index contributed by atoms with van der Waals surface area (Å²) in [5, 5.41) is 21.6. The molecule has 0 aliphatic rings. The first-order chi connectivity index (χ1) is 15.5. The summed E-state index contributed by atoms with van der Waals surface area (Å²) in [7, 11) is 1.55. The average molecular weight is 519 g/mol. The predicted octanol–water partition coefficient (Wildman–Crippen LogP) is 3.51. The number of hydrogen-bond donors (Lipinski definition) is 2. The Labute approximate surface area is 198 Å². The molecule has 0 saturated carbocycles. The van der Waals surface area contributed by atoms with Crippen LogP contribution in [-0.4, -0.2) is 51.0 Å². The van der Waals surface area contributed by atoms with Crippen LogP contribution in [-0.2, 0) is 6.54 Å². The monoisotopic (exact) mass is 518 g/mol. The maximum Gasteiger partial charge on any atom is 0.251 e. The van der Waals surface area contributed by atoms with Gasteiger partial charge in [-0.2, -0.15) is 0 Å². The molecule has 1 aromatic heterocycles. The number of hydrogen-bond acceptors (Lipinski definition) is 7. The number of aliphatic hydroxyl groups is 1. The Morgan fingerprint density at radius 1 is 1.12 bits per heavy atom. The number of rotatable bonds is 10. The third kappa shape index (κ3) is 5.76. The Morgan fingerprint density at radius 3 is 2.38 bits per heavy atom. The van der Waals surface area contributed by atoms with E-state index in [1.165, 1.54) is 11.8 Å². The lowest BCUT2D eigenvalue weighted by molar-refractivity contribution is 0.0911. The van der Waals surface area contributed by atoms with Gasteiger partial charge in [0.25, 0.3) is 5.91 Å². The van der Waals surface area contributed by atoms with E-state index in [1.807, 2.05) is 19.1 Å². The molecule has 0 fully saturated rings. The van der Waals surface area contributed by atoms with Crippen molar-refractivity contribution in [1.29, 1.82) is 0 Å². The van der Waals surface area contributed by atoms with Gasteiger partial charge in [0, 0.05) is 22.1 Å². The van der Waals surface area contributed by atoms with E-state index in [4.69, 9.17) is 4.74 Å².